The molecule has 0 N–H and O–H groups in total. The summed E-state index contributed by atoms with van der Waals surface area (Å²) < 4.78 is 7.48. The molecule has 4 heterocycles. The van der Waals surface area contributed by atoms with Gasteiger partial charge in [-0.05, 0) is 30.9 Å². The summed E-state index contributed by atoms with van der Waals surface area (Å²) in [6.07, 6.45) is 4.23. The Bertz CT molecular complexity index is 1140. The van der Waals surface area contributed by atoms with Crippen LogP contribution in [0.25, 0.3) is 10.9 Å². The molecule has 1 amide bonds. The first-order valence-corrected chi connectivity index (χ1v) is 9.84. The molecule has 0 bridgehead atoms. The van der Waals surface area contributed by atoms with Crippen LogP contribution in [0.5, 0.6) is 0 Å². The van der Waals surface area contributed by atoms with Gasteiger partial charge in [-0.15, -0.1) is 0 Å². The summed E-state index contributed by atoms with van der Waals surface area (Å²) in [6, 6.07) is 5.49. The Morgan fingerprint density at radius 2 is 2.14 bits per heavy atom. The van der Waals surface area contributed by atoms with Crippen LogP contribution < -0.4 is 5.43 Å². The summed E-state index contributed by atoms with van der Waals surface area (Å²) in [5, 5.41) is 4.65. The van der Waals surface area contributed by atoms with Gasteiger partial charge in [0.1, 0.15) is 11.6 Å². The minimum atomic E-state index is -0.271. The van der Waals surface area contributed by atoms with E-state index in [0.717, 1.165) is 31.3 Å². The zero-order chi connectivity index (χ0) is 19.4. The molecule has 0 spiro atoms. The third-order valence-electron chi connectivity index (χ3n) is 5.81. The van der Waals surface area contributed by atoms with E-state index in [9.17, 15) is 9.59 Å². The maximum Gasteiger partial charge on any atom is 0.260 e. The average Bonchev–Trinajstić information content (AvgIpc) is 3.43. The van der Waals surface area contributed by atoms with Gasteiger partial charge in [0.15, 0.2) is 5.82 Å². The van der Waals surface area contributed by atoms with Crippen molar-refractivity contribution in [2.24, 2.45) is 0 Å². The molecule has 5 rings (SSSR count). The maximum atomic E-state index is 13.3. The van der Waals surface area contributed by atoms with Crippen molar-refractivity contribution >= 4 is 16.8 Å². The molecular weight excluding hydrogens is 356 g/mol. The van der Waals surface area contributed by atoms with E-state index in [4.69, 9.17) is 4.52 Å². The summed E-state index contributed by atoms with van der Waals surface area (Å²) in [7, 11) is 0. The summed E-state index contributed by atoms with van der Waals surface area (Å²) in [4.78, 5) is 32.6. The number of nitrogens with zero attached hydrogens (tertiary/aromatic N) is 4. The van der Waals surface area contributed by atoms with Crippen molar-refractivity contribution < 1.29 is 9.32 Å². The Labute approximate surface area is 162 Å². The van der Waals surface area contributed by atoms with Crippen molar-refractivity contribution in [3.05, 3.63) is 57.5 Å². The molecule has 2 aliphatic heterocycles. The fourth-order valence-electron chi connectivity index (χ4n) is 4.35. The Hall–Kier alpha value is -2.96. The van der Waals surface area contributed by atoms with E-state index in [2.05, 4.69) is 10.1 Å². The fourth-order valence-corrected chi connectivity index (χ4v) is 4.35. The zero-order valence-corrected chi connectivity index (χ0v) is 16.0. The van der Waals surface area contributed by atoms with Crippen LogP contribution in [0.4, 0.5) is 0 Å². The van der Waals surface area contributed by atoms with Crippen molar-refractivity contribution in [2.45, 2.75) is 51.6 Å². The molecule has 0 saturated carbocycles. The van der Waals surface area contributed by atoms with Crippen LogP contribution in [0, 0.1) is 0 Å². The van der Waals surface area contributed by atoms with E-state index in [1.807, 2.05) is 36.6 Å². The lowest BCUT2D eigenvalue weighted by molar-refractivity contribution is 0.0708. The number of hydrogen-bond acceptors (Lipinski definition) is 5. The second-order valence-corrected chi connectivity index (χ2v) is 7.93. The van der Waals surface area contributed by atoms with E-state index in [1.54, 1.807) is 11.1 Å². The van der Waals surface area contributed by atoms with Crippen molar-refractivity contribution in [2.75, 3.05) is 6.54 Å². The molecule has 1 unspecified atom stereocenters. The first-order valence-electron chi connectivity index (χ1n) is 9.84. The molecule has 1 fully saturated rings. The summed E-state index contributed by atoms with van der Waals surface area (Å²) in [5.41, 5.74) is 2.15. The summed E-state index contributed by atoms with van der Waals surface area (Å²) in [5.74, 6) is 1.01. The number of para-hydroxylation sites is 1. The smallest absolute Gasteiger partial charge is 0.260 e. The van der Waals surface area contributed by atoms with Crippen LogP contribution in [0.2, 0.25) is 0 Å². The van der Waals surface area contributed by atoms with Gasteiger partial charge in [-0.25, -0.2) is 0 Å². The highest BCUT2D eigenvalue weighted by Gasteiger charge is 2.36. The van der Waals surface area contributed by atoms with E-state index in [1.165, 1.54) is 5.56 Å². The number of amides is 1. The van der Waals surface area contributed by atoms with Gasteiger partial charge < -0.3 is 14.0 Å². The monoisotopic (exact) mass is 378 g/mol. The molecule has 2 aliphatic rings. The highest BCUT2D eigenvalue weighted by Crippen LogP contribution is 2.33. The first kappa shape index (κ1) is 17.2. The third-order valence-corrected chi connectivity index (χ3v) is 5.81. The standard InChI is InChI=1S/C21H22N4O3/c1-12(2)19-22-20(28-23-19)16-7-4-9-25(16)21(27)15-11-24-10-8-13-5-3-6-14(17(13)24)18(15)26/h3,5-6,11-12,16H,4,7-10H2,1-2H3. The number of aromatic nitrogens is 3. The van der Waals surface area contributed by atoms with Gasteiger partial charge in [0.05, 0.1) is 5.52 Å². The van der Waals surface area contributed by atoms with Crippen molar-refractivity contribution in [1.29, 1.82) is 0 Å². The molecule has 1 aromatic carbocycles. The quantitative estimate of drug-likeness (QED) is 0.700. The molecule has 0 aliphatic carbocycles. The molecule has 1 atom stereocenters. The number of pyridine rings is 1. The second-order valence-electron chi connectivity index (χ2n) is 7.93. The Balaban J connectivity index is 1.54. The van der Waals surface area contributed by atoms with Crippen molar-refractivity contribution in [1.82, 2.24) is 19.6 Å². The van der Waals surface area contributed by atoms with Gasteiger partial charge in [-0.2, -0.15) is 4.98 Å². The summed E-state index contributed by atoms with van der Waals surface area (Å²) >= 11 is 0. The van der Waals surface area contributed by atoms with E-state index in [-0.39, 0.29) is 28.9 Å². The topological polar surface area (TPSA) is 81.2 Å². The van der Waals surface area contributed by atoms with E-state index >= 15 is 0 Å². The second kappa shape index (κ2) is 6.29. The minimum Gasteiger partial charge on any atom is -0.346 e. The lowest BCUT2D eigenvalue weighted by atomic mass is 10.1. The number of benzene rings is 1. The highest BCUT2D eigenvalue weighted by atomic mass is 16.5. The van der Waals surface area contributed by atoms with Gasteiger partial charge in [-0.3, -0.25) is 9.59 Å². The van der Waals surface area contributed by atoms with Crippen LogP contribution >= 0.6 is 0 Å². The van der Waals surface area contributed by atoms with Gasteiger partial charge >= 0.3 is 0 Å². The van der Waals surface area contributed by atoms with Gasteiger partial charge in [0.25, 0.3) is 5.91 Å². The van der Waals surface area contributed by atoms with Gasteiger partial charge in [-0.1, -0.05) is 31.1 Å². The molecule has 144 valence electrons. The molecule has 7 heteroatoms. The van der Waals surface area contributed by atoms with Crippen LogP contribution in [-0.4, -0.2) is 32.1 Å². The molecule has 2 aromatic heterocycles. The van der Waals surface area contributed by atoms with E-state index in [0.29, 0.717) is 23.6 Å². The van der Waals surface area contributed by atoms with E-state index < -0.39 is 0 Å². The number of aryl methyl sites for hydroxylation is 2. The average molecular weight is 378 g/mol. The largest absolute Gasteiger partial charge is 0.346 e. The Morgan fingerprint density at radius 3 is 2.93 bits per heavy atom. The van der Waals surface area contributed by atoms with Crippen molar-refractivity contribution in [3.8, 4) is 0 Å². The number of likely N-dealkylation sites (tertiary alicyclic amines) is 1. The van der Waals surface area contributed by atoms with Crippen molar-refractivity contribution in [3.63, 3.8) is 0 Å². The van der Waals surface area contributed by atoms with Gasteiger partial charge in [0.2, 0.25) is 11.3 Å². The molecule has 0 radical (unpaired) electrons. The number of carbonyl (C=O) groups excluding carboxylic acids is 1. The molecular formula is C21H22N4O3. The van der Waals surface area contributed by atoms with Crippen LogP contribution in [0.15, 0.2) is 33.7 Å². The third kappa shape index (κ3) is 2.49. The fraction of sp³-hybridized carbons (Fsp3) is 0.429. The van der Waals surface area contributed by atoms with Crippen LogP contribution in [0.1, 0.15) is 66.3 Å². The highest BCUT2D eigenvalue weighted by molar-refractivity contribution is 5.98. The Morgan fingerprint density at radius 1 is 1.29 bits per heavy atom. The Kier molecular flexibility index (Phi) is 3.86. The lowest BCUT2D eigenvalue weighted by Crippen LogP contribution is -2.34. The molecule has 3 aromatic rings. The molecule has 7 nitrogen and oxygen atoms in total. The predicted molar refractivity (Wildman–Crippen MR) is 103 cm³/mol. The zero-order valence-electron chi connectivity index (χ0n) is 16.0. The molecule has 1 saturated heterocycles. The minimum absolute atomic E-state index is 0.159. The number of carbonyl (C=O) groups is 1. The maximum absolute atomic E-state index is 13.3. The van der Waals surface area contributed by atoms with Gasteiger partial charge in [0, 0.05) is 30.6 Å². The first-order chi connectivity index (χ1) is 13.5. The normalized spacial score (nSPS) is 18.5. The molecule has 28 heavy (non-hydrogen) atoms. The SMILES string of the molecule is CC(C)c1noc(C2CCCN2C(=O)c2cn3c4c(cccc4c2=O)CC3)n1. The van der Waals surface area contributed by atoms with Crippen LogP contribution in [0.3, 0.4) is 0 Å². The summed E-state index contributed by atoms with van der Waals surface area (Å²) in [6.45, 7) is 5.38. The number of rotatable bonds is 3. The lowest BCUT2D eigenvalue weighted by Gasteiger charge is -2.22. The predicted octanol–water partition coefficient (Wildman–Crippen LogP) is 3.04. The number of hydrogen-bond donors (Lipinski definition) is 0. The van der Waals surface area contributed by atoms with Crippen LogP contribution in [-0.2, 0) is 13.0 Å².